The molecule has 0 saturated carbocycles. The Morgan fingerprint density at radius 1 is 1.44 bits per heavy atom. The van der Waals surface area contributed by atoms with Crippen LogP contribution in [0.3, 0.4) is 0 Å². The smallest absolute Gasteiger partial charge is 0.274 e. The van der Waals surface area contributed by atoms with Crippen molar-refractivity contribution in [3.05, 3.63) is 18.1 Å². The summed E-state index contributed by atoms with van der Waals surface area (Å²) in [5, 5.41) is 3.07. The van der Waals surface area contributed by atoms with Crippen LogP contribution in [-0.4, -0.2) is 51.9 Å². The average molecular weight is 266 g/mol. The minimum Gasteiger partial charge on any atom is -0.369 e. The van der Waals surface area contributed by atoms with E-state index in [-0.39, 0.29) is 5.91 Å². The largest absolute Gasteiger partial charge is 0.369 e. The molecule has 1 amide bonds. The number of thioether (sulfide) groups is 1. The SMILES string of the molecule is CCNc1cncc(C(=O)N2CCCSCC2)n1. The van der Waals surface area contributed by atoms with Crippen molar-refractivity contribution in [2.75, 3.05) is 36.5 Å². The van der Waals surface area contributed by atoms with Crippen molar-refractivity contribution in [1.82, 2.24) is 14.9 Å². The van der Waals surface area contributed by atoms with Gasteiger partial charge in [0.15, 0.2) is 0 Å². The maximum absolute atomic E-state index is 12.3. The van der Waals surface area contributed by atoms with Gasteiger partial charge in [-0.1, -0.05) is 0 Å². The summed E-state index contributed by atoms with van der Waals surface area (Å²) in [4.78, 5) is 22.5. The Hall–Kier alpha value is -1.30. The molecule has 0 unspecified atom stereocenters. The summed E-state index contributed by atoms with van der Waals surface area (Å²) in [5.41, 5.74) is 0.431. The van der Waals surface area contributed by atoms with Gasteiger partial charge in [-0.15, -0.1) is 0 Å². The number of carbonyl (C=O) groups is 1. The van der Waals surface area contributed by atoms with E-state index in [1.165, 1.54) is 0 Å². The molecule has 98 valence electrons. The van der Waals surface area contributed by atoms with Crippen molar-refractivity contribution >= 4 is 23.5 Å². The highest BCUT2D eigenvalue weighted by Gasteiger charge is 2.19. The second kappa shape index (κ2) is 6.58. The Morgan fingerprint density at radius 3 is 3.17 bits per heavy atom. The Bertz CT molecular complexity index is 405. The van der Waals surface area contributed by atoms with Gasteiger partial charge in [0, 0.05) is 25.4 Å². The molecule has 1 N–H and O–H groups in total. The van der Waals surface area contributed by atoms with Gasteiger partial charge in [0.1, 0.15) is 11.5 Å². The normalized spacial score (nSPS) is 16.2. The topological polar surface area (TPSA) is 58.1 Å². The van der Waals surface area contributed by atoms with E-state index in [0.29, 0.717) is 11.5 Å². The van der Waals surface area contributed by atoms with Gasteiger partial charge in [0.05, 0.1) is 12.4 Å². The van der Waals surface area contributed by atoms with Crippen molar-refractivity contribution in [3.8, 4) is 0 Å². The van der Waals surface area contributed by atoms with Gasteiger partial charge >= 0.3 is 0 Å². The van der Waals surface area contributed by atoms with Crippen LogP contribution in [0.15, 0.2) is 12.4 Å². The zero-order valence-corrected chi connectivity index (χ0v) is 11.4. The van der Waals surface area contributed by atoms with Crippen molar-refractivity contribution in [3.63, 3.8) is 0 Å². The van der Waals surface area contributed by atoms with E-state index in [4.69, 9.17) is 0 Å². The zero-order valence-electron chi connectivity index (χ0n) is 10.6. The number of anilines is 1. The van der Waals surface area contributed by atoms with Crippen LogP contribution in [0.1, 0.15) is 23.8 Å². The summed E-state index contributed by atoms with van der Waals surface area (Å²) >= 11 is 1.90. The summed E-state index contributed by atoms with van der Waals surface area (Å²) in [7, 11) is 0. The highest BCUT2D eigenvalue weighted by atomic mass is 32.2. The van der Waals surface area contributed by atoms with Gasteiger partial charge in [0.25, 0.3) is 5.91 Å². The van der Waals surface area contributed by atoms with E-state index in [9.17, 15) is 4.79 Å². The number of carbonyl (C=O) groups excluding carboxylic acids is 1. The number of nitrogens with one attached hydrogen (secondary N) is 1. The van der Waals surface area contributed by atoms with Crippen molar-refractivity contribution in [1.29, 1.82) is 0 Å². The second-order valence-electron chi connectivity index (χ2n) is 4.08. The molecule has 5 nitrogen and oxygen atoms in total. The summed E-state index contributed by atoms with van der Waals surface area (Å²) < 4.78 is 0. The fourth-order valence-corrected chi connectivity index (χ4v) is 2.73. The summed E-state index contributed by atoms with van der Waals surface area (Å²) in [6.07, 6.45) is 4.23. The molecule has 0 radical (unpaired) electrons. The monoisotopic (exact) mass is 266 g/mol. The second-order valence-corrected chi connectivity index (χ2v) is 5.30. The van der Waals surface area contributed by atoms with Crippen molar-refractivity contribution in [2.24, 2.45) is 0 Å². The quantitative estimate of drug-likeness (QED) is 0.898. The van der Waals surface area contributed by atoms with Crippen LogP contribution in [0, 0.1) is 0 Å². The summed E-state index contributed by atoms with van der Waals surface area (Å²) in [5.74, 6) is 2.79. The molecule has 2 heterocycles. The Balaban J connectivity index is 2.09. The van der Waals surface area contributed by atoms with E-state index in [1.54, 1.807) is 12.4 Å². The fraction of sp³-hybridized carbons (Fsp3) is 0.583. The molecule has 0 aromatic carbocycles. The molecule has 1 aromatic rings. The summed E-state index contributed by atoms with van der Waals surface area (Å²) in [6, 6.07) is 0. The first-order valence-corrected chi connectivity index (χ1v) is 7.39. The molecule has 1 aromatic heterocycles. The van der Waals surface area contributed by atoms with E-state index < -0.39 is 0 Å². The third-order valence-electron chi connectivity index (χ3n) is 2.72. The third-order valence-corrected chi connectivity index (χ3v) is 3.77. The molecule has 6 heteroatoms. The van der Waals surface area contributed by atoms with Crippen LogP contribution in [0.4, 0.5) is 5.82 Å². The molecule has 0 aliphatic carbocycles. The lowest BCUT2D eigenvalue weighted by Crippen LogP contribution is -2.33. The van der Waals surface area contributed by atoms with E-state index in [2.05, 4.69) is 15.3 Å². The van der Waals surface area contributed by atoms with Gasteiger partial charge in [-0.3, -0.25) is 9.78 Å². The Labute approximate surface area is 111 Å². The molecule has 1 aliphatic rings. The first kappa shape index (κ1) is 13.1. The molecule has 18 heavy (non-hydrogen) atoms. The fourth-order valence-electron chi connectivity index (χ4n) is 1.85. The van der Waals surface area contributed by atoms with Gasteiger partial charge in [-0.05, 0) is 19.1 Å². The van der Waals surface area contributed by atoms with Gasteiger partial charge < -0.3 is 10.2 Å². The lowest BCUT2D eigenvalue weighted by molar-refractivity contribution is 0.0762. The third kappa shape index (κ3) is 3.35. The van der Waals surface area contributed by atoms with Crippen LogP contribution in [0.5, 0.6) is 0 Å². The highest BCUT2D eigenvalue weighted by molar-refractivity contribution is 7.99. The first-order valence-electron chi connectivity index (χ1n) is 6.24. The van der Waals surface area contributed by atoms with E-state index in [1.807, 2.05) is 23.6 Å². The van der Waals surface area contributed by atoms with Crippen molar-refractivity contribution < 1.29 is 4.79 Å². The predicted octanol–water partition coefficient (Wildman–Crippen LogP) is 1.49. The lowest BCUT2D eigenvalue weighted by Gasteiger charge is -2.19. The molecule has 1 fully saturated rings. The molecule has 1 saturated heterocycles. The minimum atomic E-state index is -0.00949. The summed E-state index contributed by atoms with van der Waals surface area (Å²) in [6.45, 7) is 4.38. The molecule has 0 atom stereocenters. The minimum absolute atomic E-state index is 0.00949. The first-order chi connectivity index (χ1) is 8.81. The van der Waals surface area contributed by atoms with Crippen LogP contribution >= 0.6 is 11.8 Å². The molecule has 0 bridgehead atoms. The molecular weight excluding hydrogens is 248 g/mol. The van der Waals surface area contributed by atoms with Crippen LogP contribution in [0.2, 0.25) is 0 Å². The standard InChI is InChI=1S/C12H18N4OS/c1-2-14-11-9-13-8-10(15-11)12(17)16-4-3-6-18-7-5-16/h8-9H,2-7H2,1H3,(H,14,15). The van der Waals surface area contributed by atoms with E-state index >= 15 is 0 Å². The Morgan fingerprint density at radius 2 is 2.33 bits per heavy atom. The zero-order chi connectivity index (χ0) is 12.8. The van der Waals surface area contributed by atoms with Gasteiger partial charge in [-0.25, -0.2) is 4.98 Å². The maximum Gasteiger partial charge on any atom is 0.274 e. The number of rotatable bonds is 3. The van der Waals surface area contributed by atoms with Crippen LogP contribution in [0.25, 0.3) is 0 Å². The van der Waals surface area contributed by atoms with Gasteiger partial charge in [-0.2, -0.15) is 11.8 Å². The maximum atomic E-state index is 12.3. The van der Waals surface area contributed by atoms with E-state index in [0.717, 1.165) is 37.6 Å². The molecule has 0 spiro atoms. The van der Waals surface area contributed by atoms with Gasteiger partial charge in [0.2, 0.25) is 0 Å². The highest BCUT2D eigenvalue weighted by Crippen LogP contribution is 2.12. The number of amides is 1. The van der Waals surface area contributed by atoms with Crippen LogP contribution < -0.4 is 5.32 Å². The molecule has 1 aliphatic heterocycles. The molecular formula is C12H18N4OS. The number of nitrogens with zero attached hydrogens (tertiary/aromatic N) is 3. The number of aromatic nitrogens is 2. The number of hydrogen-bond donors (Lipinski definition) is 1. The van der Waals surface area contributed by atoms with Crippen LogP contribution in [-0.2, 0) is 0 Å². The Kier molecular flexibility index (Phi) is 4.81. The predicted molar refractivity (Wildman–Crippen MR) is 74.0 cm³/mol. The molecule has 2 rings (SSSR count). The average Bonchev–Trinajstić information content (AvgIpc) is 2.67. The number of hydrogen-bond acceptors (Lipinski definition) is 5. The lowest BCUT2D eigenvalue weighted by atomic mass is 10.3. The van der Waals surface area contributed by atoms with Crippen molar-refractivity contribution in [2.45, 2.75) is 13.3 Å².